The van der Waals surface area contributed by atoms with Crippen molar-refractivity contribution >= 4 is 44.7 Å². The summed E-state index contributed by atoms with van der Waals surface area (Å²) in [4.78, 5) is 39.1. The molecule has 1 aromatic heterocycles. The number of amides is 2. The van der Waals surface area contributed by atoms with Crippen molar-refractivity contribution in [2.24, 2.45) is 11.8 Å². The van der Waals surface area contributed by atoms with Crippen LogP contribution in [0.5, 0.6) is 0 Å². The number of nitrogens with one attached hydrogen (secondary N) is 2. The van der Waals surface area contributed by atoms with Crippen molar-refractivity contribution in [2.45, 2.75) is 31.3 Å². The van der Waals surface area contributed by atoms with Crippen molar-refractivity contribution in [1.82, 2.24) is 9.88 Å². The molecule has 3 fully saturated rings. The molecular weight excluding hydrogens is 473 g/mol. The summed E-state index contributed by atoms with van der Waals surface area (Å²) in [6.07, 6.45) is 0. The number of rotatable bonds is 5. The molecule has 0 spiro atoms. The fourth-order valence-electron chi connectivity index (χ4n) is 5.83. The van der Waals surface area contributed by atoms with Crippen LogP contribution >= 0.6 is 11.6 Å². The topological polar surface area (TPSA) is 114 Å². The molecule has 3 unspecified atom stereocenters. The van der Waals surface area contributed by atoms with Gasteiger partial charge >= 0.3 is 0 Å². The number of carbonyl (C=O) groups excluding carboxylic acids is 3. The molecule has 0 radical (unpaired) electrons. The lowest BCUT2D eigenvalue weighted by molar-refractivity contribution is -0.118. The van der Waals surface area contributed by atoms with E-state index in [-0.39, 0.29) is 34.1 Å². The fourth-order valence-corrected chi connectivity index (χ4v) is 8.02. The van der Waals surface area contributed by atoms with Crippen LogP contribution in [0.25, 0.3) is 0 Å². The number of nitrogens with zero attached hydrogens (tertiary/aromatic N) is 1. The minimum absolute atomic E-state index is 0.129. The Morgan fingerprint density at radius 2 is 1.88 bits per heavy atom. The Bertz CT molecular complexity index is 1410. The molecule has 5 aliphatic rings. The van der Waals surface area contributed by atoms with Crippen molar-refractivity contribution in [2.75, 3.05) is 16.8 Å². The summed E-state index contributed by atoms with van der Waals surface area (Å²) < 4.78 is 38.4. The van der Waals surface area contributed by atoms with Crippen LogP contribution in [0.1, 0.15) is 51.0 Å². The van der Waals surface area contributed by atoms with Crippen LogP contribution < -0.4 is 10.6 Å². The van der Waals surface area contributed by atoms with Gasteiger partial charge in [-0.2, -0.15) is 0 Å². The van der Waals surface area contributed by atoms with Crippen LogP contribution in [0.3, 0.4) is 0 Å². The molecule has 8 nitrogen and oxygen atoms in total. The normalized spacial score (nSPS) is 28.2. The third-order valence-electron chi connectivity index (χ3n) is 7.20. The highest BCUT2D eigenvalue weighted by Crippen LogP contribution is 2.86. The number of hydrogen-bond donors (Lipinski definition) is 2. The van der Waals surface area contributed by atoms with Gasteiger partial charge in [0.1, 0.15) is 11.5 Å². The zero-order valence-corrected chi connectivity index (χ0v) is 19.2. The van der Waals surface area contributed by atoms with Crippen molar-refractivity contribution in [3.8, 4) is 0 Å². The number of anilines is 1. The van der Waals surface area contributed by atoms with Crippen LogP contribution in [0.15, 0.2) is 18.2 Å². The monoisotopic (exact) mass is 491 g/mol. The second kappa shape index (κ2) is 6.24. The molecule has 11 heteroatoms. The Hall–Kier alpha value is -2.72. The standard InChI is InChI=1S/C22H19ClFN3O5S/c1-8-12(19(28)21(30)26-22(2)6-33(31,32)7-22)17-13-14-15(13)18(14)27(17)16(8)20(29)25-9-3-4-11(24)10(23)5-9/h3-5,13-15,18H,6-7H2,1-2H3,(H,25,29)(H,26,30)/t13?,14-,15?,18?/m0/s1. The van der Waals surface area contributed by atoms with E-state index in [9.17, 15) is 27.2 Å². The van der Waals surface area contributed by atoms with Gasteiger partial charge in [0.25, 0.3) is 17.6 Å². The summed E-state index contributed by atoms with van der Waals surface area (Å²) in [5.41, 5.74) is 0.966. The van der Waals surface area contributed by atoms with Gasteiger partial charge in [-0.15, -0.1) is 0 Å². The van der Waals surface area contributed by atoms with Gasteiger partial charge < -0.3 is 15.2 Å². The molecule has 1 saturated heterocycles. The number of carbonyl (C=O) groups is 3. The van der Waals surface area contributed by atoms with Gasteiger partial charge in [0.2, 0.25) is 0 Å². The minimum atomic E-state index is -3.20. The Kier molecular flexibility index (Phi) is 3.94. The van der Waals surface area contributed by atoms with Crippen LogP contribution in [-0.4, -0.2) is 47.6 Å². The zero-order valence-electron chi connectivity index (χ0n) is 17.6. The van der Waals surface area contributed by atoms with Crippen LogP contribution in [0, 0.1) is 24.6 Å². The second-order valence-corrected chi connectivity index (χ2v) is 12.2. The molecular formula is C22H19ClFN3O5S. The zero-order chi connectivity index (χ0) is 23.6. The lowest BCUT2D eigenvalue weighted by atomic mass is 9.98. The van der Waals surface area contributed by atoms with Crippen LogP contribution in [0.4, 0.5) is 10.1 Å². The molecule has 3 aliphatic heterocycles. The van der Waals surface area contributed by atoms with Crippen molar-refractivity contribution in [1.29, 1.82) is 0 Å². The van der Waals surface area contributed by atoms with Gasteiger partial charge in [0.15, 0.2) is 9.84 Å². The highest BCUT2D eigenvalue weighted by molar-refractivity contribution is 7.93. The van der Waals surface area contributed by atoms with E-state index in [1.807, 2.05) is 4.57 Å². The Morgan fingerprint density at radius 3 is 2.48 bits per heavy atom. The summed E-state index contributed by atoms with van der Waals surface area (Å²) >= 11 is 5.81. The molecule has 4 atom stereocenters. The quantitative estimate of drug-likeness (QED) is 0.491. The molecule has 1 aromatic carbocycles. The minimum Gasteiger partial charge on any atom is -0.342 e. The third kappa shape index (κ3) is 2.86. The Morgan fingerprint density at radius 1 is 1.21 bits per heavy atom. The number of benzene rings is 1. The number of hydrogen-bond acceptors (Lipinski definition) is 5. The molecule has 2 saturated carbocycles. The first-order valence-corrected chi connectivity index (χ1v) is 12.7. The molecule has 33 heavy (non-hydrogen) atoms. The van der Waals surface area contributed by atoms with E-state index in [4.69, 9.17) is 11.6 Å². The fraction of sp³-hybridized carbons (Fsp3) is 0.409. The largest absolute Gasteiger partial charge is 0.342 e. The van der Waals surface area contributed by atoms with Crippen molar-refractivity contribution in [3.63, 3.8) is 0 Å². The number of aromatic nitrogens is 1. The van der Waals surface area contributed by atoms with E-state index in [1.165, 1.54) is 12.1 Å². The van der Waals surface area contributed by atoms with Crippen LogP contribution in [-0.2, 0) is 14.6 Å². The summed E-state index contributed by atoms with van der Waals surface area (Å²) in [5, 5.41) is 5.14. The van der Waals surface area contributed by atoms with Gasteiger partial charge in [0.05, 0.1) is 27.6 Å². The maximum absolute atomic E-state index is 13.5. The number of halogens is 2. The first kappa shape index (κ1) is 20.9. The third-order valence-corrected chi connectivity index (χ3v) is 9.64. The molecule has 2 N–H and O–H groups in total. The first-order valence-electron chi connectivity index (χ1n) is 10.5. The molecule has 2 bridgehead atoms. The molecule has 172 valence electrons. The lowest BCUT2D eigenvalue weighted by Crippen LogP contribution is -2.64. The Labute approximate surface area is 193 Å². The Balaban J connectivity index is 1.31. The SMILES string of the molecule is Cc1c(C(=O)C(=O)NC2(C)CS(=O)(=O)C2)c2n(c1C(=O)Nc1ccc(F)c(Cl)c1)C1C3C2[C@@H]31. The first-order chi connectivity index (χ1) is 15.4. The number of ketones is 1. The molecule has 4 heterocycles. The van der Waals surface area contributed by atoms with E-state index in [2.05, 4.69) is 10.6 Å². The maximum atomic E-state index is 13.5. The average Bonchev–Trinajstić information content (AvgIpc) is 3.48. The van der Waals surface area contributed by atoms with E-state index < -0.39 is 38.8 Å². The smallest absolute Gasteiger partial charge is 0.292 e. The lowest BCUT2D eigenvalue weighted by Gasteiger charge is -2.38. The van der Waals surface area contributed by atoms with Crippen LogP contribution in [0.2, 0.25) is 5.02 Å². The average molecular weight is 492 g/mol. The molecule has 7 rings (SSSR count). The highest BCUT2D eigenvalue weighted by Gasteiger charge is 2.81. The number of Topliss-reactive ketones (excluding diaryl/α,β-unsaturated/α-hetero) is 1. The van der Waals surface area contributed by atoms with Gasteiger partial charge in [0, 0.05) is 23.3 Å². The molecule has 2 amide bonds. The summed E-state index contributed by atoms with van der Waals surface area (Å²) in [7, 11) is -3.20. The van der Waals surface area contributed by atoms with E-state index >= 15 is 0 Å². The van der Waals surface area contributed by atoms with Gasteiger partial charge in [-0.25, -0.2) is 12.8 Å². The van der Waals surface area contributed by atoms with E-state index in [0.29, 0.717) is 34.5 Å². The second-order valence-electron chi connectivity index (χ2n) is 9.73. The van der Waals surface area contributed by atoms with Crippen molar-refractivity contribution in [3.05, 3.63) is 51.6 Å². The predicted octanol–water partition coefficient (Wildman–Crippen LogP) is 2.23. The van der Waals surface area contributed by atoms with E-state index in [0.717, 1.165) is 6.07 Å². The summed E-state index contributed by atoms with van der Waals surface area (Å²) in [5.74, 6) is -2.18. The van der Waals surface area contributed by atoms with Gasteiger partial charge in [-0.1, -0.05) is 11.6 Å². The molecule has 2 aliphatic carbocycles. The van der Waals surface area contributed by atoms with Crippen molar-refractivity contribution < 1.29 is 27.2 Å². The highest BCUT2D eigenvalue weighted by atomic mass is 35.5. The molecule has 2 aromatic rings. The summed E-state index contributed by atoms with van der Waals surface area (Å²) in [6.45, 7) is 3.21. The van der Waals surface area contributed by atoms with Gasteiger partial charge in [-0.3, -0.25) is 14.4 Å². The number of sulfone groups is 1. The van der Waals surface area contributed by atoms with E-state index in [1.54, 1.807) is 13.8 Å². The summed E-state index contributed by atoms with van der Waals surface area (Å²) in [6, 6.07) is 3.99. The maximum Gasteiger partial charge on any atom is 0.292 e. The van der Waals surface area contributed by atoms with Gasteiger partial charge in [-0.05, 0) is 49.4 Å². The predicted molar refractivity (Wildman–Crippen MR) is 117 cm³/mol.